The molecule has 0 unspecified atom stereocenters. The van der Waals surface area contributed by atoms with Crippen LogP contribution < -0.4 is 10.1 Å². The standard InChI is InChI=1S/C17H26N2O3/c1-17(2,3)22-16(20)18-14-8-9-19(12-14)11-13-6-5-7-15(10-13)21-4/h5-7,10,14H,8-9,11-12H2,1-4H3,(H,18,20)/t14-/m0/s1. The fourth-order valence-electron chi connectivity index (χ4n) is 2.60. The second kappa shape index (κ2) is 7.01. The van der Waals surface area contributed by atoms with Gasteiger partial charge < -0.3 is 14.8 Å². The molecule has 0 spiro atoms. The van der Waals surface area contributed by atoms with Crippen molar-refractivity contribution in [3.63, 3.8) is 0 Å². The monoisotopic (exact) mass is 306 g/mol. The molecule has 0 radical (unpaired) electrons. The Morgan fingerprint density at radius 3 is 2.86 bits per heavy atom. The number of amides is 1. The van der Waals surface area contributed by atoms with E-state index in [0.29, 0.717) is 0 Å². The van der Waals surface area contributed by atoms with Crippen molar-refractivity contribution < 1.29 is 14.3 Å². The number of carbonyl (C=O) groups excluding carboxylic acids is 1. The Balaban J connectivity index is 1.81. The van der Waals surface area contributed by atoms with Gasteiger partial charge in [0.15, 0.2) is 0 Å². The fourth-order valence-corrected chi connectivity index (χ4v) is 2.60. The van der Waals surface area contributed by atoms with E-state index in [1.54, 1.807) is 7.11 Å². The normalized spacial score (nSPS) is 19.0. The Kier molecular flexibility index (Phi) is 5.29. The van der Waals surface area contributed by atoms with E-state index in [1.165, 1.54) is 5.56 Å². The smallest absolute Gasteiger partial charge is 0.407 e. The van der Waals surface area contributed by atoms with Crippen molar-refractivity contribution in [3.05, 3.63) is 29.8 Å². The van der Waals surface area contributed by atoms with Gasteiger partial charge in [0.05, 0.1) is 7.11 Å². The summed E-state index contributed by atoms with van der Waals surface area (Å²) in [5.74, 6) is 0.875. The molecule has 1 saturated heterocycles. The Labute approximate surface area is 132 Å². The summed E-state index contributed by atoms with van der Waals surface area (Å²) in [6.45, 7) is 8.29. The van der Waals surface area contributed by atoms with Crippen molar-refractivity contribution in [2.24, 2.45) is 0 Å². The van der Waals surface area contributed by atoms with Crippen molar-refractivity contribution in [1.29, 1.82) is 0 Å². The minimum Gasteiger partial charge on any atom is -0.497 e. The zero-order valence-electron chi connectivity index (χ0n) is 13.9. The van der Waals surface area contributed by atoms with E-state index in [0.717, 1.165) is 31.8 Å². The second-order valence-corrected chi connectivity index (χ2v) is 6.72. The number of methoxy groups -OCH3 is 1. The van der Waals surface area contributed by atoms with Crippen LogP contribution in [0.5, 0.6) is 5.75 Å². The molecule has 1 aromatic carbocycles. The maximum Gasteiger partial charge on any atom is 0.407 e. The van der Waals surface area contributed by atoms with Crippen molar-refractivity contribution in [1.82, 2.24) is 10.2 Å². The first-order chi connectivity index (χ1) is 10.4. The molecule has 1 aliphatic rings. The molecule has 1 fully saturated rings. The molecule has 122 valence electrons. The molecule has 0 bridgehead atoms. The van der Waals surface area contributed by atoms with Gasteiger partial charge in [-0.05, 0) is 44.9 Å². The van der Waals surface area contributed by atoms with Crippen LogP contribution in [0.1, 0.15) is 32.8 Å². The van der Waals surface area contributed by atoms with Gasteiger partial charge in [-0.3, -0.25) is 4.90 Å². The highest BCUT2D eigenvalue weighted by Gasteiger charge is 2.26. The minimum absolute atomic E-state index is 0.153. The predicted molar refractivity (Wildman–Crippen MR) is 86.0 cm³/mol. The van der Waals surface area contributed by atoms with Crippen LogP contribution in [0.15, 0.2) is 24.3 Å². The molecule has 1 N–H and O–H groups in total. The molecular weight excluding hydrogens is 280 g/mol. The molecular formula is C17H26N2O3. The number of benzene rings is 1. The average molecular weight is 306 g/mol. The summed E-state index contributed by atoms with van der Waals surface area (Å²) in [5.41, 5.74) is 0.764. The van der Waals surface area contributed by atoms with Gasteiger partial charge in [-0.1, -0.05) is 12.1 Å². The van der Waals surface area contributed by atoms with E-state index in [9.17, 15) is 4.79 Å². The van der Waals surface area contributed by atoms with Crippen LogP contribution in [0.2, 0.25) is 0 Å². The zero-order valence-corrected chi connectivity index (χ0v) is 13.9. The molecule has 5 nitrogen and oxygen atoms in total. The lowest BCUT2D eigenvalue weighted by molar-refractivity contribution is 0.0506. The van der Waals surface area contributed by atoms with E-state index in [4.69, 9.17) is 9.47 Å². The molecule has 1 amide bonds. The van der Waals surface area contributed by atoms with Gasteiger partial charge in [0.2, 0.25) is 0 Å². The lowest BCUT2D eigenvalue weighted by atomic mass is 10.2. The van der Waals surface area contributed by atoms with Crippen molar-refractivity contribution in [2.45, 2.75) is 45.4 Å². The van der Waals surface area contributed by atoms with Crippen LogP contribution >= 0.6 is 0 Å². The SMILES string of the molecule is COc1cccc(CN2CC[C@H](NC(=O)OC(C)(C)C)C2)c1. The van der Waals surface area contributed by atoms with Gasteiger partial charge in [-0.2, -0.15) is 0 Å². The number of carbonyl (C=O) groups is 1. The van der Waals surface area contributed by atoms with Crippen molar-refractivity contribution in [3.8, 4) is 5.75 Å². The van der Waals surface area contributed by atoms with Crippen LogP contribution in [0.3, 0.4) is 0 Å². The summed E-state index contributed by atoms with van der Waals surface area (Å²) >= 11 is 0. The lowest BCUT2D eigenvalue weighted by Crippen LogP contribution is -2.40. The summed E-state index contributed by atoms with van der Waals surface area (Å²) in [6, 6.07) is 8.24. The summed E-state index contributed by atoms with van der Waals surface area (Å²) in [6.07, 6.45) is 0.615. The third kappa shape index (κ3) is 5.22. The van der Waals surface area contributed by atoms with Crippen LogP contribution in [-0.4, -0.2) is 42.8 Å². The molecule has 0 aliphatic carbocycles. The van der Waals surface area contributed by atoms with E-state index < -0.39 is 5.60 Å². The summed E-state index contributed by atoms with van der Waals surface area (Å²) in [7, 11) is 1.68. The predicted octanol–water partition coefficient (Wildman–Crippen LogP) is 2.79. The third-order valence-corrected chi connectivity index (χ3v) is 3.53. The van der Waals surface area contributed by atoms with Gasteiger partial charge in [-0.25, -0.2) is 4.79 Å². The molecule has 1 heterocycles. The molecule has 0 aromatic heterocycles. The highest BCUT2D eigenvalue weighted by molar-refractivity contribution is 5.68. The van der Waals surface area contributed by atoms with Crippen molar-refractivity contribution in [2.75, 3.05) is 20.2 Å². The number of rotatable bonds is 4. The molecule has 0 saturated carbocycles. The highest BCUT2D eigenvalue weighted by atomic mass is 16.6. The third-order valence-electron chi connectivity index (χ3n) is 3.53. The van der Waals surface area contributed by atoms with Gasteiger partial charge in [0.25, 0.3) is 0 Å². The molecule has 1 aliphatic heterocycles. The van der Waals surface area contributed by atoms with Gasteiger partial charge in [0.1, 0.15) is 11.4 Å². The number of nitrogens with one attached hydrogen (secondary N) is 1. The van der Waals surface area contributed by atoms with E-state index >= 15 is 0 Å². The molecule has 5 heteroatoms. The maximum absolute atomic E-state index is 11.8. The van der Waals surface area contributed by atoms with Crippen LogP contribution in [0.25, 0.3) is 0 Å². The first-order valence-electron chi connectivity index (χ1n) is 7.70. The first kappa shape index (κ1) is 16.6. The zero-order chi connectivity index (χ0) is 16.2. The molecule has 22 heavy (non-hydrogen) atoms. The fraction of sp³-hybridized carbons (Fsp3) is 0.588. The minimum atomic E-state index is -0.455. The van der Waals surface area contributed by atoms with Gasteiger partial charge in [0, 0.05) is 25.7 Å². The average Bonchev–Trinajstić information content (AvgIpc) is 2.83. The molecule has 1 atom stereocenters. The Bertz CT molecular complexity index is 511. The number of ether oxygens (including phenoxy) is 2. The van der Waals surface area contributed by atoms with E-state index in [-0.39, 0.29) is 12.1 Å². The number of hydrogen-bond donors (Lipinski definition) is 1. The quantitative estimate of drug-likeness (QED) is 0.929. The number of nitrogens with zero attached hydrogens (tertiary/aromatic N) is 1. The lowest BCUT2D eigenvalue weighted by Gasteiger charge is -2.22. The summed E-state index contributed by atoms with van der Waals surface area (Å²) in [5, 5.41) is 2.95. The van der Waals surface area contributed by atoms with Crippen molar-refractivity contribution >= 4 is 6.09 Å². The Morgan fingerprint density at radius 1 is 1.41 bits per heavy atom. The largest absolute Gasteiger partial charge is 0.497 e. The summed E-state index contributed by atoms with van der Waals surface area (Å²) in [4.78, 5) is 14.1. The highest BCUT2D eigenvalue weighted by Crippen LogP contribution is 2.18. The Hall–Kier alpha value is -1.75. The molecule has 2 rings (SSSR count). The topological polar surface area (TPSA) is 50.8 Å². The Morgan fingerprint density at radius 2 is 2.18 bits per heavy atom. The number of alkyl carbamates (subject to hydrolysis) is 1. The maximum atomic E-state index is 11.8. The van der Waals surface area contributed by atoms with E-state index in [1.807, 2.05) is 32.9 Å². The first-order valence-corrected chi connectivity index (χ1v) is 7.70. The number of hydrogen-bond acceptors (Lipinski definition) is 4. The second-order valence-electron chi connectivity index (χ2n) is 6.72. The number of likely N-dealkylation sites (tertiary alicyclic amines) is 1. The van der Waals surface area contributed by atoms with E-state index in [2.05, 4.69) is 22.3 Å². The van der Waals surface area contributed by atoms with Crippen LogP contribution in [0.4, 0.5) is 4.79 Å². The van der Waals surface area contributed by atoms with Gasteiger partial charge in [-0.15, -0.1) is 0 Å². The van der Waals surface area contributed by atoms with Crippen LogP contribution in [-0.2, 0) is 11.3 Å². The van der Waals surface area contributed by atoms with Crippen LogP contribution in [0, 0.1) is 0 Å². The molecule has 1 aromatic rings. The summed E-state index contributed by atoms with van der Waals surface area (Å²) < 4.78 is 10.5. The van der Waals surface area contributed by atoms with Gasteiger partial charge >= 0.3 is 6.09 Å².